The van der Waals surface area contributed by atoms with Crippen LogP contribution in [0.1, 0.15) is 29.2 Å². The van der Waals surface area contributed by atoms with E-state index in [-0.39, 0.29) is 11.6 Å². The van der Waals surface area contributed by atoms with Crippen LogP contribution < -0.4 is 5.32 Å². The van der Waals surface area contributed by atoms with E-state index in [1.165, 1.54) is 0 Å². The maximum absolute atomic E-state index is 12.0. The monoisotopic (exact) mass is 412 g/mol. The zero-order valence-electron chi connectivity index (χ0n) is 14.7. The summed E-state index contributed by atoms with van der Waals surface area (Å²) in [7, 11) is 0. The molecule has 9 nitrogen and oxygen atoms in total. The summed E-state index contributed by atoms with van der Waals surface area (Å²) in [4.78, 5) is 22.5. The fourth-order valence-corrected chi connectivity index (χ4v) is 2.94. The molecule has 0 bridgehead atoms. The van der Waals surface area contributed by atoms with E-state index in [1.807, 2.05) is 13.8 Å². The van der Waals surface area contributed by atoms with Crippen LogP contribution in [0.25, 0.3) is 0 Å². The third-order valence-corrected chi connectivity index (χ3v) is 5.16. The first kappa shape index (κ1) is 19.1. The molecule has 0 spiro atoms. The molecule has 0 aliphatic carbocycles. The Kier molecular flexibility index (Phi) is 5.93. The summed E-state index contributed by atoms with van der Waals surface area (Å²) in [5.74, 6) is -0.0975. The van der Waals surface area contributed by atoms with Crippen molar-refractivity contribution in [1.82, 2.24) is 24.9 Å². The Balaban J connectivity index is 1.84. The van der Waals surface area contributed by atoms with Crippen molar-refractivity contribution in [3.8, 4) is 0 Å². The number of amides is 1. The van der Waals surface area contributed by atoms with Gasteiger partial charge in [-0.3, -0.25) is 24.3 Å². The zero-order valence-corrected chi connectivity index (χ0v) is 16.3. The number of halogens is 1. The lowest BCUT2D eigenvalue weighted by Crippen LogP contribution is -2.28. The fraction of sp³-hybridized carbons (Fsp3) is 0.533. The normalized spacial score (nSPS) is 10.9. The Morgan fingerprint density at radius 3 is 2.24 bits per heavy atom. The minimum atomic E-state index is -0.431. The summed E-state index contributed by atoms with van der Waals surface area (Å²) in [5, 5.41) is 22.3. The van der Waals surface area contributed by atoms with Crippen molar-refractivity contribution in [3.05, 3.63) is 37.4 Å². The molecule has 1 amide bonds. The molecule has 0 aromatic carbocycles. The fourth-order valence-electron chi connectivity index (χ4n) is 2.66. The summed E-state index contributed by atoms with van der Waals surface area (Å²) in [5.41, 5.74) is 2.78. The van der Waals surface area contributed by atoms with E-state index >= 15 is 0 Å². The molecule has 2 rings (SSSR count). The van der Waals surface area contributed by atoms with Crippen molar-refractivity contribution in [1.29, 1.82) is 0 Å². The summed E-state index contributed by atoms with van der Waals surface area (Å²) in [6.45, 7) is 8.35. The quantitative estimate of drug-likeness (QED) is 0.553. The smallest absolute Gasteiger partial charge is 0.312 e. The number of nitro groups is 1. The van der Waals surface area contributed by atoms with Gasteiger partial charge in [-0.05, 0) is 43.6 Å². The van der Waals surface area contributed by atoms with E-state index < -0.39 is 4.92 Å². The van der Waals surface area contributed by atoms with Crippen LogP contribution in [0.2, 0.25) is 0 Å². The highest BCUT2D eigenvalue weighted by Gasteiger charge is 2.21. The molecule has 136 valence electrons. The van der Waals surface area contributed by atoms with Crippen LogP contribution >= 0.6 is 15.9 Å². The van der Waals surface area contributed by atoms with Crippen molar-refractivity contribution in [3.63, 3.8) is 0 Å². The van der Waals surface area contributed by atoms with Crippen molar-refractivity contribution in [2.45, 2.75) is 47.2 Å². The summed E-state index contributed by atoms with van der Waals surface area (Å²) in [6.07, 6.45) is 0.311. The number of rotatable bonds is 7. The average Bonchev–Trinajstić information content (AvgIpc) is 2.96. The zero-order chi connectivity index (χ0) is 18.7. The Morgan fingerprint density at radius 2 is 1.72 bits per heavy atom. The first-order valence-electron chi connectivity index (χ1n) is 7.87. The van der Waals surface area contributed by atoms with Gasteiger partial charge in [-0.2, -0.15) is 10.2 Å². The number of carbonyl (C=O) groups is 1. The van der Waals surface area contributed by atoms with Crippen LogP contribution in [0.4, 0.5) is 5.69 Å². The molecule has 0 aliphatic heterocycles. The van der Waals surface area contributed by atoms with Crippen molar-refractivity contribution < 1.29 is 9.72 Å². The van der Waals surface area contributed by atoms with Crippen LogP contribution in [-0.4, -0.2) is 36.9 Å². The lowest BCUT2D eigenvalue weighted by molar-refractivity contribution is -0.386. The van der Waals surface area contributed by atoms with E-state index in [4.69, 9.17) is 0 Å². The molecule has 0 saturated heterocycles. The van der Waals surface area contributed by atoms with Crippen molar-refractivity contribution >= 4 is 27.5 Å². The van der Waals surface area contributed by atoms with E-state index in [0.717, 1.165) is 15.9 Å². The highest BCUT2D eigenvalue weighted by atomic mass is 79.9. The maximum Gasteiger partial charge on any atom is 0.312 e. The Morgan fingerprint density at radius 1 is 1.12 bits per heavy atom. The second kappa shape index (κ2) is 7.77. The van der Waals surface area contributed by atoms with E-state index in [9.17, 15) is 14.9 Å². The molecule has 0 saturated carbocycles. The van der Waals surface area contributed by atoms with Gasteiger partial charge in [0, 0.05) is 18.7 Å². The molecule has 0 unspecified atom stereocenters. The first-order chi connectivity index (χ1) is 11.7. The van der Waals surface area contributed by atoms with Gasteiger partial charge in [0.15, 0.2) is 0 Å². The lowest BCUT2D eigenvalue weighted by Gasteiger charge is -2.07. The maximum atomic E-state index is 12.0. The van der Waals surface area contributed by atoms with Crippen molar-refractivity contribution in [2.75, 3.05) is 6.54 Å². The van der Waals surface area contributed by atoms with Gasteiger partial charge in [0.2, 0.25) is 5.91 Å². The van der Waals surface area contributed by atoms with E-state index in [1.54, 1.807) is 23.2 Å². The number of hydrogen-bond donors (Lipinski definition) is 1. The van der Waals surface area contributed by atoms with Gasteiger partial charge in [0.1, 0.15) is 11.4 Å². The van der Waals surface area contributed by atoms with Crippen LogP contribution in [0.3, 0.4) is 0 Å². The third kappa shape index (κ3) is 4.25. The van der Waals surface area contributed by atoms with Crippen LogP contribution in [0, 0.1) is 37.8 Å². The van der Waals surface area contributed by atoms with Gasteiger partial charge in [0.25, 0.3) is 0 Å². The predicted molar refractivity (Wildman–Crippen MR) is 95.4 cm³/mol. The first-order valence-corrected chi connectivity index (χ1v) is 8.66. The van der Waals surface area contributed by atoms with Gasteiger partial charge >= 0.3 is 5.69 Å². The van der Waals surface area contributed by atoms with Gasteiger partial charge in [-0.1, -0.05) is 0 Å². The van der Waals surface area contributed by atoms with E-state index in [0.29, 0.717) is 37.4 Å². The molecule has 25 heavy (non-hydrogen) atoms. The SMILES string of the molecule is Cc1nn(CCC(=O)NCCn2nc(C)c([N+](=O)[O-])c2C)c(C)c1Br. The molecule has 0 fully saturated rings. The van der Waals surface area contributed by atoms with Gasteiger partial charge in [-0.25, -0.2) is 0 Å². The van der Waals surface area contributed by atoms with Crippen LogP contribution in [0.15, 0.2) is 4.47 Å². The number of nitrogens with one attached hydrogen (secondary N) is 1. The second-order valence-electron chi connectivity index (χ2n) is 5.81. The lowest BCUT2D eigenvalue weighted by atomic mass is 10.3. The third-order valence-electron chi connectivity index (χ3n) is 4.02. The molecule has 0 atom stereocenters. The minimum absolute atomic E-state index is 0.0291. The Bertz CT molecular complexity index is 811. The van der Waals surface area contributed by atoms with Crippen LogP contribution in [-0.2, 0) is 17.9 Å². The van der Waals surface area contributed by atoms with E-state index in [2.05, 4.69) is 31.4 Å². The standard InChI is InChI=1S/C15H21BrN6O3/c1-9-14(16)11(3)20(18-9)7-5-13(23)17-6-8-21-12(4)15(22(24)25)10(2)19-21/h5-8H2,1-4H3,(H,17,23). The number of carbonyl (C=O) groups excluding carboxylic acids is 1. The number of nitrogens with zero attached hydrogens (tertiary/aromatic N) is 5. The van der Waals surface area contributed by atoms with Crippen LogP contribution in [0.5, 0.6) is 0 Å². The molecular formula is C15H21BrN6O3. The molecular weight excluding hydrogens is 392 g/mol. The summed E-state index contributed by atoms with van der Waals surface area (Å²) < 4.78 is 4.30. The summed E-state index contributed by atoms with van der Waals surface area (Å²) >= 11 is 3.46. The highest BCUT2D eigenvalue weighted by Crippen LogP contribution is 2.21. The Labute approximate surface area is 153 Å². The van der Waals surface area contributed by atoms with Gasteiger partial charge in [0.05, 0.1) is 28.2 Å². The highest BCUT2D eigenvalue weighted by molar-refractivity contribution is 9.10. The second-order valence-corrected chi connectivity index (χ2v) is 6.60. The predicted octanol–water partition coefficient (Wildman–Crippen LogP) is 2.19. The molecule has 10 heteroatoms. The van der Waals surface area contributed by atoms with Crippen molar-refractivity contribution in [2.24, 2.45) is 0 Å². The van der Waals surface area contributed by atoms with Gasteiger partial charge < -0.3 is 5.32 Å². The molecule has 0 aliphatic rings. The molecule has 2 aromatic heterocycles. The molecule has 0 radical (unpaired) electrons. The minimum Gasteiger partial charge on any atom is -0.354 e. The topological polar surface area (TPSA) is 108 Å². The molecule has 1 N–H and O–H groups in total. The number of hydrogen-bond acceptors (Lipinski definition) is 5. The number of aromatic nitrogens is 4. The number of aryl methyl sites for hydroxylation is 3. The average molecular weight is 413 g/mol. The van der Waals surface area contributed by atoms with Gasteiger partial charge in [-0.15, -0.1) is 0 Å². The molecule has 2 heterocycles. The largest absolute Gasteiger partial charge is 0.354 e. The molecule has 2 aromatic rings. The summed E-state index contributed by atoms with van der Waals surface area (Å²) in [6, 6.07) is 0. The Hall–Kier alpha value is -2.23.